The molecule has 27 heavy (non-hydrogen) atoms. The molecule has 3 aromatic carbocycles. The molecular formula is C24H22O3. The van der Waals surface area contributed by atoms with Crippen molar-refractivity contribution in [2.45, 2.75) is 20.8 Å². The van der Waals surface area contributed by atoms with Crippen molar-refractivity contribution >= 4 is 18.1 Å². The first-order valence-corrected chi connectivity index (χ1v) is 8.79. The zero-order chi connectivity index (χ0) is 19.4. The van der Waals surface area contributed by atoms with Crippen molar-refractivity contribution in [3.05, 3.63) is 94.0 Å². The number of esters is 1. The lowest BCUT2D eigenvalue weighted by atomic mass is 10.0. The molecule has 0 saturated heterocycles. The van der Waals surface area contributed by atoms with E-state index in [1.807, 2.05) is 69.3 Å². The Hall–Kier alpha value is -3.33. The number of aromatic hydroxyl groups is 1. The highest BCUT2D eigenvalue weighted by Crippen LogP contribution is 2.24. The van der Waals surface area contributed by atoms with E-state index in [1.165, 1.54) is 0 Å². The van der Waals surface area contributed by atoms with Crippen LogP contribution in [-0.4, -0.2) is 11.1 Å². The molecule has 0 aromatic heterocycles. The Bertz CT molecular complexity index is 975. The summed E-state index contributed by atoms with van der Waals surface area (Å²) in [4.78, 5) is 12.4. The fourth-order valence-electron chi connectivity index (χ4n) is 2.82. The molecular weight excluding hydrogens is 336 g/mol. The van der Waals surface area contributed by atoms with Crippen molar-refractivity contribution in [3.63, 3.8) is 0 Å². The minimum absolute atomic E-state index is 0.327. The average molecular weight is 358 g/mol. The first-order valence-electron chi connectivity index (χ1n) is 8.79. The summed E-state index contributed by atoms with van der Waals surface area (Å²) >= 11 is 0. The molecule has 0 aliphatic rings. The summed E-state index contributed by atoms with van der Waals surface area (Å²) in [5.41, 5.74) is 5.18. The monoisotopic (exact) mass is 358 g/mol. The lowest BCUT2D eigenvalue weighted by Gasteiger charge is -2.06. The highest BCUT2D eigenvalue weighted by atomic mass is 16.5. The maximum atomic E-state index is 12.4. The topological polar surface area (TPSA) is 46.5 Å². The van der Waals surface area contributed by atoms with Crippen molar-refractivity contribution in [2.24, 2.45) is 0 Å². The van der Waals surface area contributed by atoms with Gasteiger partial charge >= 0.3 is 5.97 Å². The van der Waals surface area contributed by atoms with E-state index in [0.29, 0.717) is 17.1 Å². The number of hydrogen-bond acceptors (Lipinski definition) is 3. The number of hydrogen-bond donors (Lipinski definition) is 1. The van der Waals surface area contributed by atoms with Gasteiger partial charge in [-0.1, -0.05) is 42.0 Å². The van der Waals surface area contributed by atoms with Crippen molar-refractivity contribution in [2.75, 3.05) is 0 Å². The zero-order valence-corrected chi connectivity index (χ0v) is 15.7. The van der Waals surface area contributed by atoms with E-state index >= 15 is 0 Å². The molecule has 0 atom stereocenters. The summed E-state index contributed by atoms with van der Waals surface area (Å²) in [5, 5.41) is 9.87. The van der Waals surface area contributed by atoms with Crippen molar-refractivity contribution in [3.8, 4) is 11.5 Å². The fraction of sp³-hybridized carbons (Fsp3) is 0.125. The first kappa shape index (κ1) is 18.5. The second-order valence-corrected chi connectivity index (χ2v) is 6.66. The van der Waals surface area contributed by atoms with Gasteiger partial charge in [0, 0.05) is 0 Å². The Labute approximate surface area is 159 Å². The third kappa shape index (κ3) is 4.64. The van der Waals surface area contributed by atoms with E-state index in [0.717, 1.165) is 27.8 Å². The predicted octanol–water partition coefficient (Wildman–Crippen LogP) is 5.71. The highest BCUT2D eigenvalue weighted by Gasteiger charge is 2.08. The second kappa shape index (κ2) is 7.92. The summed E-state index contributed by atoms with van der Waals surface area (Å²) in [6, 6.07) is 18.5. The zero-order valence-electron chi connectivity index (χ0n) is 15.7. The number of phenols is 1. The van der Waals surface area contributed by atoms with Crippen LogP contribution in [0.3, 0.4) is 0 Å². The van der Waals surface area contributed by atoms with E-state index in [-0.39, 0.29) is 5.97 Å². The second-order valence-electron chi connectivity index (χ2n) is 6.66. The molecule has 3 heteroatoms. The SMILES string of the molecule is Cc1ccc(OC(=O)c2cccc(/C=C/c3cc(C)c(O)c(C)c3)c2)cc1. The van der Waals surface area contributed by atoms with Crippen LogP contribution in [0.5, 0.6) is 11.5 Å². The lowest BCUT2D eigenvalue weighted by molar-refractivity contribution is 0.0734. The van der Waals surface area contributed by atoms with E-state index in [9.17, 15) is 9.90 Å². The van der Waals surface area contributed by atoms with Crippen LogP contribution in [0.25, 0.3) is 12.2 Å². The predicted molar refractivity (Wildman–Crippen MR) is 109 cm³/mol. The highest BCUT2D eigenvalue weighted by molar-refractivity contribution is 5.92. The van der Waals surface area contributed by atoms with Crippen LogP contribution in [0, 0.1) is 20.8 Å². The molecule has 136 valence electrons. The summed E-state index contributed by atoms with van der Waals surface area (Å²) in [6.45, 7) is 5.74. The summed E-state index contributed by atoms with van der Waals surface area (Å²) in [7, 11) is 0. The smallest absolute Gasteiger partial charge is 0.343 e. The van der Waals surface area contributed by atoms with Gasteiger partial charge in [-0.25, -0.2) is 4.79 Å². The number of ether oxygens (including phenoxy) is 1. The average Bonchev–Trinajstić information content (AvgIpc) is 2.66. The number of aryl methyl sites for hydroxylation is 3. The molecule has 0 heterocycles. The Kier molecular flexibility index (Phi) is 5.41. The van der Waals surface area contributed by atoms with E-state index in [4.69, 9.17) is 4.74 Å². The first-order chi connectivity index (χ1) is 12.9. The van der Waals surface area contributed by atoms with Gasteiger partial charge in [0.1, 0.15) is 11.5 Å². The standard InChI is InChI=1S/C24H22O3/c1-16-7-11-22(12-8-16)27-24(26)21-6-4-5-19(15-21)9-10-20-13-17(2)23(25)18(3)14-20/h4-15,25H,1-3H3/b10-9+. The van der Waals surface area contributed by atoms with E-state index in [2.05, 4.69) is 0 Å². The molecule has 0 radical (unpaired) electrons. The Morgan fingerprint density at radius 3 is 2.15 bits per heavy atom. The quantitative estimate of drug-likeness (QED) is 0.369. The van der Waals surface area contributed by atoms with Crippen molar-refractivity contribution in [1.82, 2.24) is 0 Å². The summed E-state index contributed by atoms with van der Waals surface area (Å²) < 4.78 is 5.43. The minimum Gasteiger partial charge on any atom is -0.507 e. The van der Waals surface area contributed by atoms with Crippen LogP contribution in [0.2, 0.25) is 0 Å². The lowest BCUT2D eigenvalue weighted by Crippen LogP contribution is -2.08. The number of benzene rings is 3. The van der Waals surface area contributed by atoms with Gasteiger partial charge in [-0.05, 0) is 79.4 Å². The Balaban J connectivity index is 1.77. The molecule has 0 bridgehead atoms. The molecule has 0 saturated carbocycles. The Morgan fingerprint density at radius 2 is 1.48 bits per heavy atom. The van der Waals surface area contributed by atoms with Gasteiger partial charge in [0.05, 0.1) is 5.56 Å². The van der Waals surface area contributed by atoms with E-state index in [1.54, 1.807) is 24.3 Å². The Morgan fingerprint density at radius 1 is 0.852 bits per heavy atom. The molecule has 0 unspecified atom stereocenters. The number of carbonyl (C=O) groups is 1. The van der Waals surface area contributed by atoms with Crippen molar-refractivity contribution in [1.29, 1.82) is 0 Å². The van der Waals surface area contributed by atoms with Gasteiger partial charge in [-0.2, -0.15) is 0 Å². The van der Waals surface area contributed by atoms with Crippen LogP contribution >= 0.6 is 0 Å². The van der Waals surface area contributed by atoms with Gasteiger partial charge in [-0.15, -0.1) is 0 Å². The van der Waals surface area contributed by atoms with Gasteiger partial charge in [0.2, 0.25) is 0 Å². The van der Waals surface area contributed by atoms with Crippen LogP contribution in [0.15, 0.2) is 60.7 Å². The minimum atomic E-state index is -0.384. The third-order valence-corrected chi connectivity index (χ3v) is 4.34. The van der Waals surface area contributed by atoms with Crippen LogP contribution < -0.4 is 4.74 Å². The molecule has 3 rings (SSSR count). The van der Waals surface area contributed by atoms with Crippen molar-refractivity contribution < 1.29 is 14.6 Å². The normalized spacial score (nSPS) is 10.9. The summed E-state index contributed by atoms with van der Waals surface area (Å²) in [5.74, 6) is 0.472. The van der Waals surface area contributed by atoms with Crippen LogP contribution in [-0.2, 0) is 0 Å². The number of phenolic OH excluding ortho intramolecular Hbond substituents is 1. The fourth-order valence-corrected chi connectivity index (χ4v) is 2.82. The molecule has 1 N–H and O–H groups in total. The van der Waals surface area contributed by atoms with E-state index < -0.39 is 0 Å². The van der Waals surface area contributed by atoms with Gasteiger partial charge in [0.15, 0.2) is 0 Å². The molecule has 0 spiro atoms. The third-order valence-electron chi connectivity index (χ3n) is 4.34. The number of rotatable bonds is 4. The molecule has 3 nitrogen and oxygen atoms in total. The molecule has 0 amide bonds. The molecule has 3 aromatic rings. The molecule has 0 fully saturated rings. The largest absolute Gasteiger partial charge is 0.507 e. The van der Waals surface area contributed by atoms with Gasteiger partial charge < -0.3 is 9.84 Å². The molecule has 0 aliphatic carbocycles. The maximum absolute atomic E-state index is 12.4. The van der Waals surface area contributed by atoms with Crippen LogP contribution in [0.4, 0.5) is 0 Å². The molecule has 0 aliphatic heterocycles. The maximum Gasteiger partial charge on any atom is 0.343 e. The number of carbonyl (C=O) groups excluding carboxylic acids is 1. The van der Waals surface area contributed by atoms with Crippen LogP contribution in [0.1, 0.15) is 38.2 Å². The van der Waals surface area contributed by atoms with Gasteiger partial charge in [0.25, 0.3) is 0 Å². The summed E-state index contributed by atoms with van der Waals surface area (Å²) in [6.07, 6.45) is 3.90. The van der Waals surface area contributed by atoms with Gasteiger partial charge in [-0.3, -0.25) is 0 Å².